The average molecular weight is 289 g/mol. The standard InChI is InChI=1S/C12H13F2NO3S/c1-2-11(16)8-5-12(10(14)6-9(8)13)19(17,18)15-7-3-4-7/h5-7,15H,2-4H2,1H3. The number of sulfonamides is 1. The minimum absolute atomic E-state index is 0.0120. The van der Waals surface area contributed by atoms with Crippen LogP contribution in [-0.2, 0) is 10.0 Å². The Balaban J connectivity index is 2.47. The van der Waals surface area contributed by atoms with Gasteiger partial charge in [-0.3, -0.25) is 4.79 Å². The van der Waals surface area contributed by atoms with Gasteiger partial charge in [-0.1, -0.05) is 6.92 Å². The van der Waals surface area contributed by atoms with Crippen LogP contribution in [0.5, 0.6) is 0 Å². The quantitative estimate of drug-likeness (QED) is 0.843. The van der Waals surface area contributed by atoms with Crippen LogP contribution < -0.4 is 4.72 Å². The van der Waals surface area contributed by atoms with E-state index in [4.69, 9.17) is 0 Å². The highest BCUT2D eigenvalue weighted by atomic mass is 32.2. The van der Waals surface area contributed by atoms with E-state index >= 15 is 0 Å². The molecule has 1 saturated carbocycles. The molecule has 0 radical (unpaired) electrons. The van der Waals surface area contributed by atoms with Crippen LogP contribution in [0.3, 0.4) is 0 Å². The van der Waals surface area contributed by atoms with Crippen LogP contribution in [0.15, 0.2) is 17.0 Å². The predicted molar refractivity (Wildman–Crippen MR) is 64.3 cm³/mol. The van der Waals surface area contributed by atoms with E-state index < -0.39 is 37.9 Å². The molecule has 0 saturated heterocycles. The Hall–Kier alpha value is -1.34. The fourth-order valence-electron chi connectivity index (χ4n) is 1.62. The first-order chi connectivity index (χ1) is 8.85. The monoisotopic (exact) mass is 289 g/mol. The van der Waals surface area contributed by atoms with Gasteiger partial charge in [0.1, 0.15) is 16.5 Å². The summed E-state index contributed by atoms with van der Waals surface area (Å²) in [5.74, 6) is -2.81. The second-order valence-corrected chi connectivity index (χ2v) is 6.12. The topological polar surface area (TPSA) is 63.2 Å². The first-order valence-electron chi connectivity index (χ1n) is 5.89. The molecule has 1 aliphatic carbocycles. The molecule has 1 fully saturated rings. The third kappa shape index (κ3) is 2.98. The second kappa shape index (κ2) is 4.97. The van der Waals surface area contributed by atoms with E-state index in [0.29, 0.717) is 18.9 Å². The summed E-state index contributed by atoms with van der Waals surface area (Å²) in [7, 11) is -4.05. The predicted octanol–water partition coefficient (Wildman–Crippen LogP) is 2.00. The van der Waals surface area contributed by atoms with Gasteiger partial charge in [-0.25, -0.2) is 21.9 Å². The number of nitrogens with one attached hydrogen (secondary N) is 1. The number of ketones is 1. The Morgan fingerprint density at radius 2 is 1.95 bits per heavy atom. The van der Waals surface area contributed by atoms with Gasteiger partial charge in [0.05, 0.1) is 5.56 Å². The van der Waals surface area contributed by atoms with Gasteiger partial charge in [0.25, 0.3) is 0 Å². The normalized spacial score (nSPS) is 15.5. The van der Waals surface area contributed by atoms with Crippen LogP contribution in [0.2, 0.25) is 0 Å². The zero-order valence-corrected chi connectivity index (χ0v) is 11.1. The molecule has 0 atom stereocenters. The van der Waals surface area contributed by atoms with Crippen molar-refractivity contribution in [3.63, 3.8) is 0 Å². The summed E-state index contributed by atoms with van der Waals surface area (Å²) < 4.78 is 53.1. The number of carbonyl (C=O) groups is 1. The number of Topliss-reactive ketones (excluding diaryl/α,β-unsaturated/α-hetero) is 1. The minimum atomic E-state index is -4.05. The van der Waals surface area contributed by atoms with Gasteiger partial charge in [0.2, 0.25) is 10.0 Å². The largest absolute Gasteiger partial charge is 0.294 e. The number of benzene rings is 1. The highest BCUT2D eigenvalue weighted by molar-refractivity contribution is 7.89. The first-order valence-corrected chi connectivity index (χ1v) is 7.38. The zero-order chi connectivity index (χ0) is 14.2. The molecular weight excluding hydrogens is 276 g/mol. The number of halogens is 2. The van der Waals surface area contributed by atoms with Crippen LogP contribution in [0, 0.1) is 11.6 Å². The molecule has 4 nitrogen and oxygen atoms in total. The third-order valence-corrected chi connectivity index (χ3v) is 4.37. The lowest BCUT2D eigenvalue weighted by Crippen LogP contribution is -2.27. The average Bonchev–Trinajstić information content (AvgIpc) is 3.11. The first kappa shape index (κ1) is 14.1. The van der Waals surface area contributed by atoms with Crippen molar-refractivity contribution in [2.45, 2.75) is 37.1 Å². The van der Waals surface area contributed by atoms with Gasteiger partial charge in [-0.15, -0.1) is 0 Å². The Bertz CT molecular complexity index is 624. The number of hydrogen-bond donors (Lipinski definition) is 1. The van der Waals surface area contributed by atoms with Gasteiger partial charge in [-0.05, 0) is 18.9 Å². The van der Waals surface area contributed by atoms with Crippen LogP contribution >= 0.6 is 0 Å². The van der Waals surface area contributed by atoms with E-state index in [0.717, 1.165) is 6.07 Å². The molecule has 1 aromatic rings. The van der Waals surface area contributed by atoms with Crippen molar-refractivity contribution in [2.75, 3.05) is 0 Å². The molecule has 0 aromatic heterocycles. The zero-order valence-electron chi connectivity index (χ0n) is 10.2. The molecule has 1 N–H and O–H groups in total. The maximum atomic E-state index is 13.6. The summed E-state index contributed by atoms with van der Waals surface area (Å²) in [5, 5.41) is 0. The van der Waals surface area contributed by atoms with Gasteiger partial charge < -0.3 is 0 Å². The molecule has 1 aliphatic rings. The maximum absolute atomic E-state index is 13.6. The van der Waals surface area contributed by atoms with Crippen molar-refractivity contribution in [2.24, 2.45) is 0 Å². The molecule has 2 rings (SSSR count). The maximum Gasteiger partial charge on any atom is 0.243 e. The summed E-state index contributed by atoms with van der Waals surface area (Å²) >= 11 is 0. The van der Waals surface area contributed by atoms with Gasteiger partial charge >= 0.3 is 0 Å². The summed E-state index contributed by atoms with van der Waals surface area (Å²) in [5.41, 5.74) is -0.403. The van der Waals surface area contributed by atoms with Crippen molar-refractivity contribution >= 4 is 15.8 Å². The lowest BCUT2D eigenvalue weighted by Gasteiger charge is -2.09. The summed E-state index contributed by atoms with van der Waals surface area (Å²) in [4.78, 5) is 10.8. The van der Waals surface area contributed by atoms with Crippen LogP contribution in [-0.4, -0.2) is 20.2 Å². The summed E-state index contributed by atoms with van der Waals surface area (Å²) in [6.45, 7) is 1.52. The Labute approximate surface area is 109 Å². The van der Waals surface area contributed by atoms with Crippen molar-refractivity contribution in [3.05, 3.63) is 29.3 Å². The minimum Gasteiger partial charge on any atom is -0.294 e. The van der Waals surface area contributed by atoms with E-state index in [1.165, 1.54) is 6.92 Å². The molecular formula is C12H13F2NO3S. The Morgan fingerprint density at radius 1 is 1.32 bits per heavy atom. The molecule has 0 spiro atoms. The molecule has 0 heterocycles. The van der Waals surface area contributed by atoms with Crippen molar-refractivity contribution < 1.29 is 22.0 Å². The van der Waals surface area contributed by atoms with Crippen molar-refractivity contribution in [1.82, 2.24) is 4.72 Å². The molecule has 104 valence electrons. The van der Waals surface area contributed by atoms with Gasteiger partial charge in [-0.2, -0.15) is 0 Å². The highest BCUT2D eigenvalue weighted by Crippen LogP contribution is 2.25. The smallest absolute Gasteiger partial charge is 0.243 e. The van der Waals surface area contributed by atoms with E-state index in [1.807, 2.05) is 0 Å². The van der Waals surface area contributed by atoms with Gasteiger partial charge in [0.15, 0.2) is 5.78 Å². The van der Waals surface area contributed by atoms with Crippen molar-refractivity contribution in [3.8, 4) is 0 Å². The number of rotatable bonds is 5. The highest BCUT2D eigenvalue weighted by Gasteiger charge is 2.30. The van der Waals surface area contributed by atoms with E-state index in [1.54, 1.807) is 0 Å². The van der Waals surface area contributed by atoms with E-state index in [2.05, 4.69) is 4.72 Å². The molecule has 0 bridgehead atoms. The lowest BCUT2D eigenvalue weighted by molar-refractivity contribution is 0.0984. The molecule has 19 heavy (non-hydrogen) atoms. The SMILES string of the molecule is CCC(=O)c1cc(S(=O)(=O)NC2CC2)c(F)cc1F. The van der Waals surface area contributed by atoms with E-state index in [9.17, 15) is 22.0 Å². The third-order valence-electron chi connectivity index (χ3n) is 2.83. The fourth-order valence-corrected chi connectivity index (χ4v) is 3.01. The molecule has 0 aliphatic heterocycles. The summed E-state index contributed by atoms with van der Waals surface area (Å²) in [6, 6.07) is 1.01. The number of carbonyl (C=O) groups excluding carboxylic acids is 1. The molecule has 7 heteroatoms. The second-order valence-electron chi connectivity index (χ2n) is 4.43. The summed E-state index contributed by atoms with van der Waals surface area (Å²) in [6.07, 6.45) is 1.41. The van der Waals surface area contributed by atoms with Crippen LogP contribution in [0.25, 0.3) is 0 Å². The number of hydrogen-bond acceptors (Lipinski definition) is 3. The fraction of sp³-hybridized carbons (Fsp3) is 0.417. The lowest BCUT2D eigenvalue weighted by atomic mass is 10.1. The van der Waals surface area contributed by atoms with E-state index in [-0.39, 0.29) is 12.5 Å². The Kier molecular flexibility index (Phi) is 3.69. The Morgan fingerprint density at radius 3 is 2.47 bits per heavy atom. The molecule has 0 amide bonds. The van der Waals surface area contributed by atoms with Crippen LogP contribution in [0.1, 0.15) is 36.5 Å². The molecule has 1 aromatic carbocycles. The van der Waals surface area contributed by atoms with Crippen molar-refractivity contribution in [1.29, 1.82) is 0 Å². The van der Waals surface area contributed by atoms with Crippen LogP contribution in [0.4, 0.5) is 8.78 Å². The molecule has 0 unspecified atom stereocenters. The van der Waals surface area contributed by atoms with Gasteiger partial charge in [0, 0.05) is 18.5 Å².